The van der Waals surface area contributed by atoms with Crippen molar-refractivity contribution in [1.29, 1.82) is 0 Å². The summed E-state index contributed by atoms with van der Waals surface area (Å²) < 4.78 is 19.5. The van der Waals surface area contributed by atoms with Crippen molar-refractivity contribution in [1.82, 2.24) is 39.8 Å². The number of carbonyl (C=O) groups is 2. The molecule has 2 atom stereocenters. The molecule has 6 heterocycles. The number of aromatic amines is 1. The van der Waals surface area contributed by atoms with Gasteiger partial charge in [0, 0.05) is 37.1 Å². The molecular weight excluding hydrogens is 507 g/mol. The monoisotopic (exact) mass is 532 g/mol. The second kappa shape index (κ2) is 9.78. The summed E-state index contributed by atoms with van der Waals surface area (Å²) in [7, 11) is 1.30. The summed E-state index contributed by atoms with van der Waals surface area (Å²) >= 11 is 0. The molecule has 14 heteroatoms. The van der Waals surface area contributed by atoms with Gasteiger partial charge in [0.15, 0.2) is 23.1 Å². The number of methoxy groups -OCH3 is 1. The highest BCUT2D eigenvalue weighted by molar-refractivity contribution is 5.95. The number of aryl methyl sites for hydroxylation is 1. The molecule has 1 amide bonds. The molecule has 13 nitrogen and oxygen atoms in total. The topological polar surface area (TPSA) is 147 Å². The minimum Gasteiger partial charge on any atom is -0.464 e. The first-order chi connectivity index (χ1) is 18.9. The van der Waals surface area contributed by atoms with Crippen LogP contribution in [0.3, 0.4) is 0 Å². The van der Waals surface area contributed by atoms with E-state index < -0.39 is 11.8 Å². The number of H-pyrrole nitrogens is 1. The van der Waals surface area contributed by atoms with Gasteiger partial charge in [0.2, 0.25) is 5.95 Å². The number of piperazine rings is 1. The van der Waals surface area contributed by atoms with E-state index in [0.717, 1.165) is 24.7 Å². The summed E-state index contributed by atoms with van der Waals surface area (Å²) in [5, 5.41) is 14.0. The van der Waals surface area contributed by atoms with Gasteiger partial charge in [-0.05, 0) is 31.9 Å². The van der Waals surface area contributed by atoms with Crippen LogP contribution in [0.4, 0.5) is 22.0 Å². The Hall–Kier alpha value is -4.88. The lowest BCUT2D eigenvalue weighted by Crippen LogP contribution is -2.56. The molecule has 2 aliphatic heterocycles. The van der Waals surface area contributed by atoms with Crippen molar-refractivity contribution >= 4 is 29.5 Å². The molecule has 2 bridgehead atoms. The number of esters is 1. The van der Waals surface area contributed by atoms with Crippen molar-refractivity contribution in [2.75, 3.05) is 30.4 Å². The van der Waals surface area contributed by atoms with Gasteiger partial charge >= 0.3 is 5.97 Å². The lowest BCUT2D eigenvalue weighted by Gasteiger charge is -2.41. The zero-order chi connectivity index (χ0) is 27.1. The Kier molecular flexibility index (Phi) is 6.13. The molecular formula is C25H25FN10O3. The van der Waals surface area contributed by atoms with Gasteiger partial charge in [-0.1, -0.05) is 0 Å². The minimum atomic E-state index is -0.578. The number of nitrogens with zero attached hydrogens (tertiary/aromatic N) is 8. The smallest absolute Gasteiger partial charge is 0.356 e. The summed E-state index contributed by atoms with van der Waals surface area (Å²) in [6.45, 7) is 2.89. The predicted octanol–water partition coefficient (Wildman–Crippen LogP) is 2.25. The highest BCUT2D eigenvalue weighted by Crippen LogP contribution is 2.33. The predicted molar refractivity (Wildman–Crippen MR) is 136 cm³/mol. The van der Waals surface area contributed by atoms with Crippen LogP contribution in [0.1, 0.15) is 39.4 Å². The van der Waals surface area contributed by atoms with E-state index in [-0.39, 0.29) is 23.7 Å². The van der Waals surface area contributed by atoms with E-state index in [1.54, 1.807) is 12.1 Å². The molecule has 39 heavy (non-hydrogen) atoms. The first kappa shape index (κ1) is 24.5. The van der Waals surface area contributed by atoms with Gasteiger partial charge < -0.3 is 19.9 Å². The summed E-state index contributed by atoms with van der Waals surface area (Å²) in [6, 6.07) is 6.52. The summed E-state index contributed by atoms with van der Waals surface area (Å²) in [5.74, 6) is 0.585. The van der Waals surface area contributed by atoms with Gasteiger partial charge in [-0.15, -0.1) is 0 Å². The van der Waals surface area contributed by atoms with Crippen LogP contribution in [0, 0.1) is 12.7 Å². The first-order valence-corrected chi connectivity index (χ1v) is 12.4. The molecule has 4 aromatic heterocycles. The standard InChI is InChI=1S/C25H25FN10O3/c1-14-7-21(33-32-14)30-20-8-19(24(38)39-2)29-25(31-20)34-12-17-4-5-18(13-34)36(17)23(37)15-3-6-22(27-9-15)35-11-16(26)10-28-35/h3,6-11,17-18H,4-5,12-13H2,1-2H3,(H2,29,30,31,32,33). The Morgan fingerprint density at radius 3 is 2.51 bits per heavy atom. The Balaban J connectivity index is 1.21. The molecule has 2 unspecified atom stereocenters. The lowest BCUT2D eigenvalue weighted by molar-refractivity contribution is 0.0593. The van der Waals surface area contributed by atoms with E-state index in [2.05, 4.69) is 35.6 Å². The average molecular weight is 533 g/mol. The SMILES string of the molecule is COC(=O)c1cc(Nc2cc(C)[nH]n2)nc(N2CC3CCC(C2)N3C(=O)c2ccc(-n3cc(F)cn3)nc2)n1. The Morgan fingerprint density at radius 2 is 1.90 bits per heavy atom. The van der Waals surface area contributed by atoms with Crippen molar-refractivity contribution in [2.24, 2.45) is 0 Å². The van der Waals surface area contributed by atoms with Gasteiger partial charge in [-0.25, -0.2) is 23.8 Å². The van der Waals surface area contributed by atoms with Crippen LogP contribution < -0.4 is 10.2 Å². The second-order valence-corrected chi connectivity index (χ2v) is 9.50. The van der Waals surface area contributed by atoms with Crippen molar-refractivity contribution in [3.8, 4) is 5.82 Å². The van der Waals surface area contributed by atoms with Crippen LogP contribution >= 0.6 is 0 Å². The number of aromatic nitrogens is 7. The van der Waals surface area contributed by atoms with Gasteiger partial charge in [0.1, 0.15) is 5.82 Å². The van der Waals surface area contributed by atoms with Crippen LogP contribution in [0.25, 0.3) is 5.82 Å². The number of fused-ring (bicyclic) bond motifs is 2. The summed E-state index contributed by atoms with van der Waals surface area (Å²) in [6.07, 6.45) is 5.47. The molecule has 6 rings (SSSR count). The van der Waals surface area contributed by atoms with Crippen molar-refractivity contribution in [2.45, 2.75) is 31.8 Å². The van der Waals surface area contributed by atoms with Crippen LogP contribution in [-0.4, -0.2) is 84.0 Å². The van der Waals surface area contributed by atoms with Crippen LogP contribution in [0.2, 0.25) is 0 Å². The van der Waals surface area contributed by atoms with Crippen molar-refractivity contribution in [3.63, 3.8) is 0 Å². The number of hydrogen-bond donors (Lipinski definition) is 2. The second-order valence-electron chi connectivity index (χ2n) is 9.50. The number of pyridine rings is 1. The van der Waals surface area contributed by atoms with Crippen molar-refractivity contribution < 1.29 is 18.7 Å². The summed E-state index contributed by atoms with van der Waals surface area (Å²) in [4.78, 5) is 43.1. The largest absolute Gasteiger partial charge is 0.464 e. The normalized spacial score (nSPS) is 18.3. The van der Waals surface area contributed by atoms with Gasteiger partial charge in [-0.2, -0.15) is 15.2 Å². The van der Waals surface area contributed by atoms with Crippen LogP contribution in [-0.2, 0) is 4.74 Å². The molecule has 2 aliphatic rings. The molecule has 0 spiro atoms. The van der Waals surface area contributed by atoms with Crippen LogP contribution in [0.15, 0.2) is 42.9 Å². The maximum absolute atomic E-state index is 13.5. The fourth-order valence-electron chi connectivity index (χ4n) is 5.08. The zero-order valence-corrected chi connectivity index (χ0v) is 21.2. The molecule has 0 saturated carbocycles. The maximum atomic E-state index is 13.5. The number of carbonyl (C=O) groups excluding carboxylic acids is 2. The van der Waals surface area contributed by atoms with E-state index in [1.807, 2.05) is 22.8 Å². The molecule has 2 saturated heterocycles. The Bertz CT molecular complexity index is 1520. The average Bonchev–Trinajstić information content (AvgIpc) is 3.64. The van der Waals surface area contributed by atoms with E-state index in [1.165, 1.54) is 30.3 Å². The third-order valence-electron chi connectivity index (χ3n) is 6.85. The number of rotatable bonds is 6. The Labute approximate surface area is 222 Å². The molecule has 4 aromatic rings. The van der Waals surface area contributed by atoms with Crippen molar-refractivity contribution in [3.05, 3.63) is 65.6 Å². The third-order valence-corrected chi connectivity index (χ3v) is 6.85. The summed E-state index contributed by atoms with van der Waals surface area (Å²) in [5.41, 5.74) is 1.44. The van der Waals surface area contributed by atoms with E-state index in [0.29, 0.717) is 42.1 Å². The maximum Gasteiger partial charge on any atom is 0.356 e. The first-order valence-electron chi connectivity index (χ1n) is 12.4. The van der Waals surface area contributed by atoms with Gasteiger partial charge in [-0.3, -0.25) is 9.89 Å². The highest BCUT2D eigenvalue weighted by Gasteiger charge is 2.43. The fourth-order valence-corrected chi connectivity index (χ4v) is 5.08. The van der Waals surface area contributed by atoms with Crippen LogP contribution in [0.5, 0.6) is 0 Å². The molecule has 2 N–H and O–H groups in total. The number of nitrogens with one attached hydrogen (secondary N) is 2. The Morgan fingerprint density at radius 1 is 1.10 bits per heavy atom. The third kappa shape index (κ3) is 4.76. The van der Waals surface area contributed by atoms with Gasteiger partial charge in [0.05, 0.1) is 37.2 Å². The molecule has 0 aromatic carbocycles. The van der Waals surface area contributed by atoms with E-state index >= 15 is 0 Å². The molecule has 2 fully saturated rings. The number of amides is 1. The van der Waals surface area contributed by atoms with E-state index in [4.69, 9.17) is 4.74 Å². The number of halogens is 1. The zero-order valence-electron chi connectivity index (χ0n) is 21.2. The molecule has 200 valence electrons. The van der Waals surface area contributed by atoms with E-state index in [9.17, 15) is 14.0 Å². The van der Waals surface area contributed by atoms with Gasteiger partial charge in [0.25, 0.3) is 5.91 Å². The molecule has 0 aliphatic carbocycles. The fraction of sp³-hybridized carbons (Fsp3) is 0.320. The number of anilines is 3. The number of ether oxygens (including phenoxy) is 1. The minimum absolute atomic E-state index is 0.0630. The highest BCUT2D eigenvalue weighted by atomic mass is 19.1. The lowest BCUT2D eigenvalue weighted by atomic mass is 10.1. The molecule has 0 radical (unpaired) electrons. The quantitative estimate of drug-likeness (QED) is 0.354. The number of hydrogen-bond acceptors (Lipinski definition) is 10.